The number of hydrogen-bond acceptors (Lipinski definition) is 5. The van der Waals surface area contributed by atoms with Gasteiger partial charge in [0.05, 0.1) is 5.02 Å². The van der Waals surface area contributed by atoms with Gasteiger partial charge in [0.15, 0.2) is 5.78 Å². The van der Waals surface area contributed by atoms with Crippen LogP contribution in [0.5, 0.6) is 0 Å². The third kappa shape index (κ3) is 4.69. The highest BCUT2D eigenvalue weighted by molar-refractivity contribution is 6.31. The van der Waals surface area contributed by atoms with Gasteiger partial charge in [0, 0.05) is 23.0 Å². The highest BCUT2D eigenvalue weighted by atomic mass is 35.5. The van der Waals surface area contributed by atoms with Gasteiger partial charge in [-0.3, -0.25) is 9.59 Å². The Hall–Kier alpha value is -3.32. The molecule has 0 unspecified atom stereocenters. The predicted octanol–water partition coefficient (Wildman–Crippen LogP) is 4.78. The second kappa shape index (κ2) is 8.14. The highest BCUT2D eigenvalue weighted by Crippen LogP contribution is 2.21. The van der Waals surface area contributed by atoms with Crippen molar-refractivity contribution in [3.05, 3.63) is 76.5 Å². The minimum Gasteiger partial charge on any atom is -0.340 e. The van der Waals surface area contributed by atoms with Crippen LogP contribution in [0.4, 0.5) is 21.6 Å². The Morgan fingerprint density at radius 2 is 1.68 bits per heavy atom. The van der Waals surface area contributed by atoms with E-state index in [9.17, 15) is 14.0 Å². The van der Waals surface area contributed by atoms with E-state index >= 15 is 0 Å². The summed E-state index contributed by atoms with van der Waals surface area (Å²) in [7, 11) is 0. The zero-order valence-corrected chi connectivity index (χ0v) is 15.8. The molecule has 0 aliphatic carbocycles. The molecule has 2 N–H and O–H groups in total. The normalized spacial score (nSPS) is 10.4. The number of amides is 1. The van der Waals surface area contributed by atoms with Crippen molar-refractivity contribution in [2.75, 3.05) is 10.6 Å². The molecule has 0 radical (unpaired) electrons. The first kappa shape index (κ1) is 19.4. The van der Waals surface area contributed by atoms with Crippen LogP contribution in [0.25, 0.3) is 0 Å². The molecule has 2 aromatic carbocycles. The maximum absolute atomic E-state index is 13.2. The molecule has 0 spiro atoms. The first-order valence-corrected chi connectivity index (χ1v) is 8.70. The lowest BCUT2D eigenvalue weighted by atomic mass is 10.1. The second-order valence-corrected chi connectivity index (χ2v) is 6.43. The van der Waals surface area contributed by atoms with Crippen molar-refractivity contribution in [1.82, 2.24) is 9.97 Å². The Kier molecular flexibility index (Phi) is 5.65. The molecule has 1 amide bonds. The number of halogens is 2. The maximum Gasteiger partial charge on any atom is 0.274 e. The minimum absolute atomic E-state index is 0.0238. The van der Waals surface area contributed by atoms with Gasteiger partial charge in [-0.2, -0.15) is 0 Å². The molecular formula is C20H16ClFN4O2. The van der Waals surface area contributed by atoms with E-state index in [1.165, 1.54) is 31.2 Å². The molecule has 142 valence electrons. The van der Waals surface area contributed by atoms with Crippen molar-refractivity contribution in [3.63, 3.8) is 0 Å². The lowest BCUT2D eigenvalue weighted by Crippen LogP contribution is -2.15. The van der Waals surface area contributed by atoms with Gasteiger partial charge in [0.2, 0.25) is 0 Å². The van der Waals surface area contributed by atoms with Crippen LogP contribution in [0, 0.1) is 12.7 Å². The van der Waals surface area contributed by atoms with Crippen LogP contribution in [-0.2, 0) is 0 Å². The van der Waals surface area contributed by atoms with Crippen LogP contribution < -0.4 is 10.6 Å². The number of nitrogens with zero attached hydrogens (tertiary/aromatic N) is 2. The highest BCUT2D eigenvalue weighted by Gasteiger charge is 2.12. The fourth-order valence-electron chi connectivity index (χ4n) is 2.45. The summed E-state index contributed by atoms with van der Waals surface area (Å²) in [6.45, 7) is 3.16. The van der Waals surface area contributed by atoms with Crippen LogP contribution in [-0.4, -0.2) is 21.7 Å². The molecule has 3 aromatic rings. The van der Waals surface area contributed by atoms with Gasteiger partial charge in [-0.15, -0.1) is 0 Å². The number of carbonyl (C=O) groups excluding carboxylic acids is 2. The summed E-state index contributed by atoms with van der Waals surface area (Å²) in [4.78, 5) is 32.2. The molecule has 0 saturated carbocycles. The maximum atomic E-state index is 13.2. The van der Waals surface area contributed by atoms with Gasteiger partial charge < -0.3 is 10.6 Å². The van der Waals surface area contributed by atoms with Gasteiger partial charge in [-0.25, -0.2) is 14.4 Å². The van der Waals surface area contributed by atoms with Gasteiger partial charge >= 0.3 is 0 Å². The summed E-state index contributed by atoms with van der Waals surface area (Å²) in [5.74, 6) is -0.259. The number of anilines is 3. The molecule has 1 heterocycles. The quantitative estimate of drug-likeness (QED) is 0.604. The average Bonchev–Trinajstić information content (AvgIpc) is 2.64. The number of hydrogen-bond donors (Lipinski definition) is 2. The number of Topliss-reactive ketones (excluding diaryl/α,β-unsaturated/α-hetero) is 1. The summed E-state index contributed by atoms with van der Waals surface area (Å²) in [5, 5.41) is 5.60. The number of benzene rings is 2. The standard InChI is InChI=1S/C20H16ClFN4O2/c1-11(27)13-3-5-14(6-4-13)25-19-10-18(23-12(2)24-19)20(28)26-15-7-8-17(22)16(21)9-15/h3-10H,1-2H3,(H,26,28)(H,23,24,25). The van der Waals surface area contributed by atoms with E-state index in [1.54, 1.807) is 31.2 Å². The van der Waals surface area contributed by atoms with Gasteiger partial charge in [-0.1, -0.05) is 11.6 Å². The van der Waals surface area contributed by atoms with Gasteiger partial charge in [0.1, 0.15) is 23.2 Å². The summed E-state index contributed by atoms with van der Waals surface area (Å²) >= 11 is 5.73. The molecule has 3 rings (SSSR count). The van der Waals surface area contributed by atoms with Crippen LogP contribution >= 0.6 is 11.6 Å². The molecule has 0 fully saturated rings. The predicted molar refractivity (Wildman–Crippen MR) is 106 cm³/mol. The topological polar surface area (TPSA) is 84.0 Å². The minimum atomic E-state index is -0.570. The molecule has 0 aliphatic heterocycles. The number of aromatic nitrogens is 2. The summed E-state index contributed by atoms with van der Waals surface area (Å²) in [6.07, 6.45) is 0. The van der Waals surface area contributed by atoms with E-state index < -0.39 is 11.7 Å². The fraction of sp³-hybridized carbons (Fsp3) is 0.100. The van der Waals surface area contributed by atoms with Crippen molar-refractivity contribution < 1.29 is 14.0 Å². The van der Waals surface area contributed by atoms with Crippen molar-refractivity contribution >= 4 is 40.5 Å². The van der Waals surface area contributed by atoms with E-state index in [0.717, 1.165) is 0 Å². The zero-order valence-electron chi connectivity index (χ0n) is 15.1. The van der Waals surface area contributed by atoms with Crippen molar-refractivity contribution in [3.8, 4) is 0 Å². The molecule has 8 heteroatoms. The molecule has 0 atom stereocenters. The third-order valence-electron chi connectivity index (χ3n) is 3.81. The van der Waals surface area contributed by atoms with Crippen molar-refractivity contribution in [1.29, 1.82) is 0 Å². The number of rotatable bonds is 5. The summed E-state index contributed by atoms with van der Waals surface area (Å²) < 4.78 is 13.2. The smallest absolute Gasteiger partial charge is 0.274 e. The van der Waals surface area contributed by atoms with Crippen LogP contribution in [0.2, 0.25) is 5.02 Å². The Balaban J connectivity index is 1.79. The molecule has 28 heavy (non-hydrogen) atoms. The van der Waals surface area contributed by atoms with Gasteiger partial charge in [0.25, 0.3) is 5.91 Å². The summed E-state index contributed by atoms with van der Waals surface area (Å²) in [5.41, 5.74) is 1.79. The molecule has 0 bridgehead atoms. The van der Waals surface area contributed by atoms with Crippen LogP contribution in [0.3, 0.4) is 0 Å². The zero-order chi connectivity index (χ0) is 20.3. The van der Waals surface area contributed by atoms with E-state index in [2.05, 4.69) is 20.6 Å². The number of aryl methyl sites for hydroxylation is 1. The van der Waals surface area contributed by atoms with E-state index in [-0.39, 0.29) is 16.5 Å². The van der Waals surface area contributed by atoms with E-state index in [0.29, 0.717) is 28.6 Å². The number of ketones is 1. The Morgan fingerprint density at radius 1 is 1.00 bits per heavy atom. The fourth-order valence-corrected chi connectivity index (χ4v) is 2.63. The first-order valence-electron chi connectivity index (χ1n) is 8.32. The molecule has 6 nitrogen and oxygen atoms in total. The molecule has 0 saturated heterocycles. The third-order valence-corrected chi connectivity index (χ3v) is 4.10. The summed E-state index contributed by atoms with van der Waals surface area (Å²) in [6, 6.07) is 12.3. The second-order valence-electron chi connectivity index (χ2n) is 6.03. The van der Waals surface area contributed by atoms with Crippen LogP contribution in [0.1, 0.15) is 33.6 Å². The Bertz CT molecular complexity index is 1050. The average molecular weight is 399 g/mol. The largest absolute Gasteiger partial charge is 0.340 e. The number of carbonyl (C=O) groups is 2. The van der Waals surface area contributed by atoms with Crippen LogP contribution in [0.15, 0.2) is 48.5 Å². The SMILES string of the molecule is CC(=O)c1ccc(Nc2cc(C(=O)Nc3ccc(F)c(Cl)c3)nc(C)n2)cc1. The van der Waals surface area contributed by atoms with Crippen molar-refractivity contribution in [2.24, 2.45) is 0 Å². The Labute approximate surface area is 165 Å². The van der Waals surface area contributed by atoms with Crippen molar-refractivity contribution in [2.45, 2.75) is 13.8 Å². The monoisotopic (exact) mass is 398 g/mol. The van der Waals surface area contributed by atoms with E-state index in [4.69, 9.17) is 11.6 Å². The van der Waals surface area contributed by atoms with Gasteiger partial charge in [-0.05, 0) is 56.3 Å². The Morgan fingerprint density at radius 3 is 2.32 bits per heavy atom. The lowest BCUT2D eigenvalue weighted by molar-refractivity contribution is 0.101. The number of nitrogens with one attached hydrogen (secondary N) is 2. The molecule has 1 aromatic heterocycles. The van der Waals surface area contributed by atoms with E-state index in [1.807, 2.05) is 0 Å². The lowest BCUT2D eigenvalue weighted by Gasteiger charge is -2.10. The molecule has 0 aliphatic rings. The first-order chi connectivity index (χ1) is 13.3. The molecular weight excluding hydrogens is 383 g/mol.